The van der Waals surface area contributed by atoms with Gasteiger partial charge in [-0.05, 0) is 36.2 Å². The van der Waals surface area contributed by atoms with E-state index in [1.807, 2.05) is 30.5 Å². The number of aromatic nitrogens is 3. The van der Waals surface area contributed by atoms with Crippen molar-refractivity contribution in [1.82, 2.24) is 14.5 Å². The van der Waals surface area contributed by atoms with Gasteiger partial charge in [0.05, 0.1) is 31.0 Å². The molecule has 29 heavy (non-hydrogen) atoms. The summed E-state index contributed by atoms with van der Waals surface area (Å²) in [7, 11) is 1.68. The summed E-state index contributed by atoms with van der Waals surface area (Å²) < 4.78 is 7.57. The molecule has 0 saturated heterocycles. The number of methoxy groups -OCH3 is 1. The van der Waals surface area contributed by atoms with Crippen LogP contribution in [-0.4, -0.2) is 21.6 Å². The van der Waals surface area contributed by atoms with Gasteiger partial charge in [0, 0.05) is 16.0 Å². The van der Waals surface area contributed by atoms with Crippen molar-refractivity contribution in [2.75, 3.05) is 7.11 Å². The van der Waals surface area contributed by atoms with Crippen molar-refractivity contribution >= 4 is 33.5 Å². The molecule has 6 heteroatoms. The molecule has 1 N–H and O–H groups in total. The Morgan fingerprint density at radius 3 is 2.69 bits per heavy atom. The molecular formula is C23H26ClN3O2. The van der Waals surface area contributed by atoms with E-state index in [1.165, 1.54) is 5.56 Å². The maximum absolute atomic E-state index is 12.4. The molecule has 0 radical (unpaired) electrons. The molecule has 0 aliphatic rings. The predicted octanol–water partition coefficient (Wildman–Crippen LogP) is 5.57. The second-order valence-electron chi connectivity index (χ2n) is 6.61. The molecule has 0 spiro atoms. The number of aryl methyl sites for hydroxylation is 1. The summed E-state index contributed by atoms with van der Waals surface area (Å²) in [5, 5.41) is 1.49. The van der Waals surface area contributed by atoms with E-state index in [1.54, 1.807) is 19.5 Å². The number of benzene rings is 2. The molecule has 0 aliphatic heterocycles. The molecule has 4 rings (SSSR count). The lowest BCUT2D eigenvalue weighted by molar-refractivity contribution is 0.408. The first-order chi connectivity index (χ1) is 14.1. The molecule has 0 unspecified atom stereocenters. The number of rotatable bonds is 5. The first-order valence-corrected chi connectivity index (χ1v) is 10.3. The zero-order valence-electron chi connectivity index (χ0n) is 17.3. The van der Waals surface area contributed by atoms with Gasteiger partial charge >= 0.3 is 0 Å². The molecule has 0 saturated carbocycles. The molecule has 152 valence electrons. The number of fused-ring (bicyclic) bond motifs is 3. The fourth-order valence-corrected chi connectivity index (χ4v) is 3.67. The van der Waals surface area contributed by atoms with Crippen molar-refractivity contribution in [2.24, 2.45) is 0 Å². The molecule has 0 atom stereocenters. The van der Waals surface area contributed by atoms with E-state index in [-0.39, 0.29) is 5.56 Å². The van der Waals surface area contributed by atoms with Gasteiger partial charge in [0.25, 0.3) is 5.56 Å². The zero-order valence-corrected chi connectivity index (χ0v) is 18.0. The van der Waals surface area contributed by atoms with Gasteiger partial charge in [0.2, 0.25) is 0 Å². The second-order valence-corrected chi connectivity index (χ2v) is 7.05. The number of hydrogen-bond donors (Lipinski definition) is 1. The van der Waals surface area contributed by atoms with Crippen LogP contribution in [0.25, 0.3) is 21.9 Å². The summed E-state index contributed by atoms with van der Waals surface area (Å²) >= 11 is 6.19. The quantitative estimate of drug-likeness (QED) is 0.467. The van der Waals surface area contributed by atoms with E-state index in [9.17, 15) is 4.79 Å². The number of nitrogens with one attached hydrogen (secondary N) is 1. The zero-order chi connectivity index (χ0) is 21.0. The van der Waals surface area contributed by atoms with Crippen molar-refractivity contribution in [2.45, 2.75) is 40.2 Å². The van der Waals surface area contributed by atoms with Crippen molar-refractivity contribution < 1.29 is 4.74 Å². The lowest BCUT2D eigenvalue weighted by atomic mass is 10.1. The molecule has 2 aromatic carbocycles. The number of halogens is 1. The second kappa shape index (κ2) is 9.14. The summed E-state index contributed by atoms with van der Waals surface area (Å²) in [4.78, 5) is 19.6. The average Bonchev–Trinajstić information content (AvgIpc) is 3.16. The number of hydrogen-bond acceptors (Lipinski definition) is 3. The van der Waals surface area contributed by atoms with Gasteiger partial charge in [0.15, 0.2) is 5.52 Å². The van der Waals surface area contributed by atoms with E-state index in [4.69, 9.17) is 16.3 Å². The van der Waals surface area contributed by atoms with E-state index < -0.39 is 0 Å². The Kier molecular flexibility index (Phi) is 6.60. The number of pyridine rings is 1. The Bertz CT molecular complexity index is 1190. The lowest BCUT2D eigenvalue weighted by Gasteiger charge is -2.12. The summed E-state index contributed by atoms with van der Waals surface area (Å²) in [6.07, 6.45) is 3.80. The molecule has 2 heterocycles. The van der Waals surface area contributed by atoms with Crippen LogP contribution < -0.4 is 10.3 Å². The molecule has 5 nitrogen and oxygen atoms in total. The monoisotopic (exact) mass is 411 g/mol. The normalized spacial score (nSPS) is 10.8. The molecule has 0 bridgehead atoms. The van der Waals surface area contributed by atoms with Crippen molar-refractivity contribution in [1.29, 1.82) is 0 Å². The van der Waals surface area contributed by atoms with E-state index in [0.29, 0.717) is 17.1 Å². The Hall–Kier alpha value is -2.79. The van der Waals surface area contributed by atoms with Crippen molar-refractivity contribution in [3.8, 4) is 5.75 Å². The van der Waals surface area contributed by atoms with Crippen LogP contribution in [0.15, 0.2) is 47.5 Å². The smallest absolute Gasteiger partial charge is 0.276 e. The largest absolute Gasteiger partial charge is 0.496 e. The van der Waals surface area contributed by atoms with Crippen molar-refractivity contribution in [3.05, 3.63) is 69.2 Å². The lowest BCUT2D eigenvalue weighted by Crippen LogP contribution is -2.08. The van der Waals surface area contributed by atoms with Crippen LogP contribution in [0.5, 0.6) is 5.75 Å². The number of imidazole rings is 1. The van der Waals surface area contributed by atoms with Gasteiger partial charge in [-0.2, -0.15) is 0 Å². The average molecular weight is 412 g/mol. The number of ether oxygens (including phenoxy) is 1. The predicted molar refractivity (Wildman–Crippen MR) is 120 cm³/mol. The highest BCUT2D eigenvalue weighted by Crippen LogP contribution is 2.27. The van der Waals surface area contributed by atoms with Crippen LogP contribution in [0.3, 0.4) is 0 Å². The van der Waals surface area contributed by atoms with Gasteiger partial charge in [-0.3, -0.25) is 4.79 Å². The Labute approximate surface area is 175 Å². The number of nitrogens with zero attached hydrogens (tertiary/aromatic N) is 2. The van der Waals surface area contributed by atoms with Crippen LogP contribution in [0.1, 0.15) is 38.3 Å². The van der Waals surface area contributed by atoms with Crippen LogP contribution in [0, 0.1) is 0 Å². The molecular weight excluding hydrogens is 386 g/mol. The van der Waals surface area contributed by atoms with E-state index in [2.05, 4.69) is 35.1 Å². The standard InChI is InChI=1S/C21H20ClN3O2.C2H6/c1-3-4-13-5-6-14(18(9-13)27-2)11-25-12-23-19-20(25)16-10-15(22)7-8-17(16)24-21(19)26;1-2/h5-10,12H,3-4,11H2,1-2H3,(H,24,26);1-2H3. The number of H-pyrrole nitrogens is 1. The summed E-state index contributed by atoms with van der Waals surface area (Å²) in [5.74, 6) is 0.843. The molecule has 4 aromatic rings. The van der Waals surface area contributed by atoms with Crippen LogP contribution >= 0.6 is 11.6 Å². The van der Waals surface area contributed by atoms with Gasteiger partial charge in [-0.25, -0.2) is 4.98 Å². The van der Waals surface area contributed by atoms with E-state index >= 15 is 0 Å². The third-order valence-electron chi connectivity index (χ3n) is 4.77. The van der Waals surface area contributed by atoms with Crippen LogP contribution in [0.4, 0.5) is 0 Å². The minimum atomic E-state index is -0.205. The van der Waals surface area contributed by atoms with Crippen LogP contribution in [-0.2, 0) is 13.0 Å². The highest BCUT2D eigenvalue weighted by molar-refractivity contribution is 6.31. The molecule has 0 amide bonds. The van der Waals surface area contributed by atoms with E-state index in [0.717, 1.165) is 40.6 Å². The fourth-order valence-electron chi connectivity index (χ4n) is 3.50. The Morgan fingerprint density at radius 1 is 1.17 bits per heavy atom. The Morgan fingerprint density at radius 2 is 1.97 bits per heavy atom. The third-order valence-corrected chi connectivity index (χ3v) is 5.00. The van der Waals surface area contributed by atoms with Crippen LogP contribution in [0.2, 0.25) is 5.02 Å². The Balaban J connectivity index is 0.00000117. The minimum absolute atomic E-state index is 0.205. The van der Waals surface area contributed by atoms with Gasteiger partial charge in [0.1, 0.15) is 5.75 Å². The highest BCUT2D eigenvalue weighted by atomic mass is 35.5. The highest BCUT2D eigenvalue weighted by Gasteiger charge is 2.14. The maximum atomic E-state index is 12.4. The molecule has 0 fully saturated rings. The first-order valence-electron chi connectivity index (χ1n) is 9.93. The van der Waals surface area contributed by atoms with Gasteiger partial charge < -0.3 is 14.3 Å². The summed E-state index contributed by atoms with van der Waals surface area (Å²) in [5.41, 5.74) is 4.00. The maximum Gasteiger partial charge on any atom is 0.276 e. The van der Waals surface area contributed by atoms with Gasteiger partial charge in [-0.15, -0.1) is 0 Å². The summed E-state index contributed by atoms with van der Waals surface area (Å²) in [6.45, 7) is 6.71. The molecule has 0 aliphatic carbocycles. The topological polar surface area (TPSA) is 59.9 Å². The number of aromatic amines is 1. The SMILES string of the molecule is CC.CCCc1ccc(Cn2cnc3c(=O)[nH]c4ccc(Cl)cc4c32)c(OC)c1. The van der Waals surface area contributed by atoms with Crippen molar-refractivity contribution in [3.63, 3.8) is 0 Å². The third kappa shape index (κ3) is 4.15. The summed E-state index contributed by atoms with van der Waals surface area (Å²) in [6, 6.07) is 11.7. The molecule has 2 aromatic heterocycles. The first kappa shape index (κ1) is 20.9. The van der Waals surface area contributed by atoms with Gasteiger partial charge in [-0.1, -0.05) is 50.9 Å². The minimum Gasteiger partial charge on any atom is -0.496 e. The fraction of sp³-hybridized carbons (Fsp3) is 0.304.